The van der Waals surface area contributed by atoms with Gasteiger partial charge in [0.1, 0.15) is 5.69 Å². The maximum atomic E-state index is 12.2. The standard InChI is InChI=1S/C17H19N5O4/c1-12-9-22(17(25)18-15(12)24)16(26-8-7-23)14-11-21(20-19-14)10-13-5-3-2-4-6-13/h2-6,9,11,16,23H,7-8,10H2,1H3,(H,18,24,25). The molecule has 9 nitrogen and oxygen atoms in total. The molecule has 136 valence electrons. The van der Waals surface area contributed by atoms with Crippen LogP contribution in [0.5, 0.6) is 0 Å². The first kappa shape index (κ1) is 17.8. The van der Waals surface area contributed by atoms with E-state index in [1.54, 1.807) is 17.8 Å². The summed E-state index contributed by atoms with van der Waals surface area (Å²) in [7, 11) is 0. The second-order valence-electron chi connectivity index (χ2n) is 5.75. The quantitative estimate of drug-likeness (QED) is 0.617. The van der Waals surface area contributed by atoms with Crippen molar-refractivity contribution in [3.05, 3.63) is 80.4 Å². The summed E-state index contributed by atoms with van der Waals surface area (Å²) in [6.07, 6.45) is 2.16. The van der Waals surface area contributed by atoms with Crippen LogP contribution in [0.2, 0.25) is 0 Å². The number of nitrogens with one attached hydrogen (secondary N) is 1. The summed E-state index contributed by atoms with van der Waals surface area (Å²) in [5, 5.41) is 17.2. The summed E-state index contributed by atoms with van der Waals surface area (Å²) in [5.74, 6) is 0. The van der Waals surface area contributed by atoms with Gasteiger partial charge in [-0.1, -0.05) is 35.5 Å². The van der Waals surface area contributed by atoms with Crippen molar-refractivity contribution in [3.8, 4) is 0 Å². The predicted molar refractivity (Wildman–Crippen MR) is 92.8 cm³/mol. The lowest BCUT2D eigenvalue weighted by Crippen LogP contribution is -2.35. The van der Waals surface area contributed by atoms with Gasteiger partial charge in [-0.25, -0.2) is 9.48 Å². The van der Waals surface area contributed by atoms with E-state index in [2.05, 4.69) is 15.3 Å². The number of nitrogens with zero attached hydrogens (tertiary/aromatic N) is 4. The maximum Gasteiger partial charge on any atom is 0.330 e. The van der Waals surface area contributed by atoms with Gasteiger partial charge in [0.25, 0.3) is 5.56 Å². The average Bonchev–Trinajstić information content (AvgIpc) is 3.08. The van der Waals surface area contributed by atoms with Crippen molar-refractivity contribution >= 4 is 0 Å². The molecule has 0 fully saturated rings. The van der Waals surface area contributed by atoms with Crippen molar-refractivity contribution < 1.29 is 9.84 Å². The van der Waals surface area contributed by atoms with Crippen LogP contribution in [-0.4, -0.2) is 42.9 Å². The molecule has 0 bridgehead atoms. The number of aliphatic hydroxyl groups excluding tert-OH is 1. The highest BCUT2D eigenvalue weighted by Gasteiger charge is 2.20. The molecular formula is C17H19N5O4. The summed E-state index contributed by atoms with van der Waals surface area (Å²) < 4.78 is 8.43. The van der Waals surface area contributed by atoms with Gasteiger partial charge in [-0.2, -0.15) is 0 Å². The number of hydrogen-bond acceptors (Lipinski definition) is 6. The van der Waals surface area contributed by atoms with E-state index < -0.39 is 17.5 Å². The zero-order chi connectivity index (χ0) is 18.5. The van der Waals surface area contributed by atoms with E-state index in [-0.39, 0.29) is 13.2 Å². The Morgan fingerprint density at radius 2 is 2.00 bits per heavy atom. The zero-order valence-electron chi connectivity index (χ0n) is 14.2. The molecule has 1 atom stereocenters. The van der Waals surface area contributed by atoms with Crippen molar-refractivity contribution in [1.29, 1.82) is 0 Å². The third-order valence-corrected chi connectivity index (χ3v) is 3.76. The van der Waals surface area contributed by atoms with Crippen molar-refractivity contribution in [3.63, 3.8) is 0 Å². The van der Waals surface area contributed by atoms with Crippen LogP contribution >= 0.6 is 0 Å². The lowest BCUT2D eigenvalue weighted by molar-refractivity contribution is 0.00534. The second-order valence-corrected chi connectivity index (χ2v) is 5.75. The lowest BCUT2D eigenvalue weighted by Gasteiger charge is -2.17. The van der Waals surface area contributed by atoms with Crippen LogP contribution in [-0.2, 0) is 11.3 Å². The molecular weight excluding hydrogens is 338 g/mol. The van der Waals surface area contributed by atoms with Gasteiger partial charge in [0.15, 0.2) is 6.23 Å². The third-order valence-electron chi connectivity index (χ3n) is 3.76. The Bertz CT molecular complexity index is 977. The molecule has 0 aliphatic carbocycles. The number of aryl methyl sites for hydroxylation is 1. The number of rotatable bonds is 7. The Balaban J connectivity index is 1.93. The summed E-state index contributed by atoms with van der Waals surface area (Å²) in [5.41, 5.74) is 0.719. The molecule has 0 radical (unpaired) electrons. The van der Waals surface area contributed by atoms with Gasteiger partial charge in [0.05, 0.1) is 26.0 Å². The van der Waals surface area contributed by atoms with E-state index in [4.69, 9.17) is 9.84 Å². The van der Waals surface area contributed by atoms with E-state index in [0.717, 1.165) is 5.56 Å². The van der Waals surface area contributed by atoms with E-state index in [9.17, 15) is 9.59 Å². The first-order valence-corrected chi connectivity index (χ1v) is 8.07. The molecule has 26 heavy (non-hydrogen) atoms. The maximum absolute atomic E-state index is 12.2. The molecule has 0 aliphatic heterocycles. The normalized spacial score (nSPS) is 12.2. The molecule has 0 aliphatic rings. The van der Waals surface area contributed by atoms with Gasteiger partial charge in [-0.05, 0) is 12.5 Å². The van der Waals surface area contributed by atoms with Crippen LogP contribution in [0, 0.1) is 6.92 Å². The minimum atomic E-state index is -0.908. The first-order valence-electron chi connectivity index (χ1n) is 8.07. The van der Waals surface area contributed by atoms with Gasteiger partial charge in [-0.3, -0.25) is 14.3 Å². The molecule has 9 heteroatoms. The fourth-order valence-corrected chi connectivity index (χ4v) is 2.51. The highest BCUT2D eigenvalue weighted by Crippen LogP contribution is 2.16. The van der Waals surface area contributed by atoms with E-state index in [0.29, 0.717) is 17.8 Å². The average molecular weight is 357 g/mol. The topological polar surface area (TPSA) is 115 Å². The fourth-order valence-electron chi connectivity index (χ4n) is 2.51. The Morgan fingerprint density at radius 1 is 1.23 bits per heavy atom. The van der Waals surface area contributed by atoms with E-state index in [1.165, 1.54) is 10.8 Å². The van der Waals surface area contributed by atoms with Crippen molar-refractivity contribution in [2.45, 2.75) is 19.7 Å². The molecule has 3 aromatic rings. The molecule has 3 rings (SSSR count). The summed E-state index contributed by atoms with van der Waals surface area (Å²) in [6.45, 7) is 1.89. The minimum Gasteiger partial charge on any atom is -0.394 e. The van der Waals surface area contributed by atoms with Crippen molar-refractivity contribution in [2.24, 2.45) is 0 Å². The number of aromatic amines is 1. The molecule has 1 aromatic carbocycles. The smallest absolute Gasteiger partial charge is 0.330 e. The van der Waals surface area contributed by atoms with Crippen LogP contribution in [0.3, 0.4) is 0 Å². The SMILES string of the molecule is Cc1cn(C(OCCO)c2cn(Cc3ccccc3)nn2)c(=O)[nH]c1=O. The zero-order valence-corrected chi connectivity index (χ0v) is 14.2. The number of ether oxygens (including phenoxy) is 1. The number of aromatic nitrogens is 5. The second kappa shape index (κ2) is 7.89. The fraction of sp³-hybridized carbons (Fsp3) is 0.294. The molecule has 0 saturated carbocycles. The molecule has 0 saturated heterocycles. The highest BCUT2D eigenvalue weighted by molar-refractivity contribution is 5.15. The molecule has 1 unspecified atom stereocenters. The molecule has 2 N–H and O–H groups in total. The van der Waals surface area contributed by atoms with Gasteiger partial charge in [-0.15, -0.1) is 5.10 Å². The van der Waals surface area contributed by atoms with Crippen molar-refractivity contribution in [2.75, 3.05) is 13.2 Å². The van der Waals surface area contributed by atoms with E-state index >= 15 is 0 Å². The molecule has 2 heterocycles. The van der Waals surface area contributed by atoms with Crippen molar-refractivity contribution in [1.82, 2.24) is 24.5 Å². The van der Waals surface area contributed by atoms with Gasteiger partial charge in [0, 0.05) is 11.8 Å². The molecule has 0 spiro atoms. The summed E-state index contributed by atoms with van der Waals surface area (Å²) >= 11 is 0. The van der Waals surface area contributed by atoms with Gasteiger partial charge >= 0.3 is 5.69 Å². The monoisotopic (exact) mass is 357 g/mol. The first-order chi connectivity index (χ1) is 12.6. The van der Waals surface area contributed by atoms with Crippen LogP contribution < -0.4 is 11.2 Å². The highest BCUT2D eigenvalue weighted by atomic mass is 16.5. The van der Waals surface area contributed by atoms with Crippen LogP contribution in [0.4, 0.5) is 0 Å². The lowest BCUT2D eigenvalue weighted by atomic mass is 10.2. The molecule has 2 aromatic heterocycles. The number of H-pyrrole nitrogens is 1. The number of aliphatic hydroxyl groups is 1. The summed E-state index contributed by atoms with van der Waals surface area (Å²) in [6, 6.07) is 9.74. The Kier molecular flexibility index (Phi) is 5.40. The molecule has 0 amide bonds. The van der Waals surface area contributed by atoms with Gasteiger partial charge in [0.2, 0.25) is 0 Å². The van der Waals surface area contributed by atoms with Crippen LogP contribution in [0.15, 0.2) is 52.3 Å². The van der Waals surface area contributed by atoms with Crippen LogP contribution in [0.25, 0.3) is 0 Å². The van der Waals surface area contributed by atoms with E-state index in [1.807, 2.05) is 30.3 Å². The minimum absolute atomic E-state index is 0.000819. The number of benzene rings is 1. The van der Waals surface area contributed by atoms with Crippen LogP contribution in [0.1, 0.15) is 23.0 Å². The summed E-state index contributed by atoms with van der Waals surface area (Å²) in [4.78, 5) is 26.0. The Morgan fingerprint density at radius 3 is 2.73 bits per heavy atom. The van der Waals surface area contributed by atoms with Gasteiger partial charge < -0.3 is 9.84 Å². The third kappa shape index (κ3) is 3.95. The Labute approximate surface area is 148 Å². The number of hydrogen-bond donors (Lipinski definition) is 2. The largest absolute Gasteiger partial charge is 0.394 e. The Hall–Kier alpha value is -3.04. The predicted octanol–water partition coefficient (Wildman–Crippen LogP) is 0.0406.